The van der Waals surface area contributed by atoms with Gasteiger partial charge in [-0.3, -0.25) is 0 Å². The zero-order valence-electron chi connectivity index (χ0n) is 8.23. The van der Waals surface area contributed by atoms with E-state index in [9.17, 15) is 8.42 Å². The van der Waals surface area contributed by atoms with Gasteiger partial charge in [-0.05, 0) is 15.9 Å². The molecule has 8 heteroatoms. The summed E-state index contributed by atoms with van der Waals surface area (Å²) in [5.74, 6) is 0.956. The zero-order chi connectivity index (χ0) is 11.8. The van der Waals surface area contributed by atoms with Crippen molar-refractivity contribution in [3.8, 4) is 0 Å². The number of nitrogens with zero attached hydrogens (tertiary/aromatic N) is 3. The molecule has 0 radical (unpaired) electrons. The van der Waals surface area contributed by atoms with Gasteiger partial charge < -0.3 is 4.90 Å². The Labute approximate surface area is 107 Å². The molecule has 0 saturated carbocycles. The van der Waals surface area contributed by atoms with Crippen molar-refractivity contribution in [2.24, 2.45) is 0 Å². The van der Waals surface area contributed by atoms with E-state index in [1.807, 2.05) is 4.90 Å². The maximum atomic E-state index is 11.3. The van der Waals surface area contributed by atoms with E-state index in [1.165, 1.54) is 6.33 Å². The number of aromatic nitrogens is 2. The molecule has 16 heavy (non-hydrogen) atoms. The Kier molecular flexibility index (Phi) is 3.37. The second-order valence-electron chi connectivity index (χ2n) is 3.44. The highest BCUT2D eigenvalue weighted by atomic mass is 79.9. The quantitative estimate of drug-likeness (QED) is 0.724. The second-order valence-corrected chi connectivity index (χ2v) is 6.90. The van der Waals surface area contributed by atoms with Gasteiger partial charge >= 0.3 is 0 Å². The van der Waals surface area contributed by atoms with Gasteiger partial charge in [-0.15, -0.1) is 0 Å². The van der Waals surface area contributed by atoms with Crippen molar-refractivity contribution in [2.45, 2.75) is 0 Å². The maximum absolute atomic E-state index is 11.3. The minimum Gasteiger partial charge on any atom is -0.353 e. The number of anilines is 1. The van der Waals surface area contributed by atoms with Gasteiger partial charge in [0.05, 0.1) is 16.0 Å². The largest absolute Gasteiger partial charge is 0.353 e. The highest BCUT2D eigenvalue weighted by molar-refractivity contribution is 9.10. The van der Waals surface area contributed by atoms with Gasteiger partial charge in [0.25, 0.3) is 0 Å². The molecular weight excluding hydrogens is 318 g/mol. The van der Waals surface area contributed by atoms with Gasteiger partial charge in [-0.2, -0.15) is 0 Å². The molecule has 1 aromatic rings. The maximum Gasteiger partial charge on any atom is 0.153 e. The van der Waals surface area contributed by atoms with Crippen molar-refractivity contribution in [3.05, 3.63) is 16.0 Å². The molecule has 0 N–H and O–H groups in total. The van der Waals surface area contributed by atoms with Crippen molar-refractivity contribution in [3.63, 3.8) is 0 Å². The molecule has 2 rings (SSSR count). The van der Waals surface area contributed by atoms with E-state index in [1.54, 1.807) is 0 Å². The predicted octanol–water partition coefficient (Wildman–Crippen LogP) is 1.13. The fraction of sp³-hybridized carbons (Fsp3) is 0.500. The van der Waals surface area contributed by atoms with Crippen LogP contribution in [0.2, 0.25) is 5.15 Å². The lowest BCUT2D eigenvalue weighted by atomic mass is 10.4. The average Bonchev–Trinajstić information content (AvgIpc) is 2.23. The molecule has 0 atom stereocenters. The summed E-state index contributed by atoms with van der Waals surface area (Å²) in [6.07, 6.45) is 1.37. The molecule has 0 aromatic carbocycles. The number of sulfone groups is 1. The van der Waals surface area contributed by atoms with E-state index in [-0.39, 0.29) is 11.5 Å². The Morgan fingerprint density at radius 1 is 1.31 bits per heavy atom. The van der Waals surface area contributed by atoms with E-state index < -0.39 is 9.84 Å². The normalized spacial score (nSPS) is 19.8. The Morgan fingerprint density at radius 2 is 1.94 bits per heavy atom. The molecule has 0 bridgehead atoms. The fourth-order valence-electron chi connectivity index (χ4n) is 1.48. The van der Waals surface area contributed by atoms with Crippen LogP contribution in [0.5, 0.6) is 0 Å². The van der Waals surface area contributed by atoms with Crippen LogP contribution >= 0.6 is 27.5 Å². The highest BCUT2D eigenvalue weighted by Gasteiger charge is 2.24. The Morgan fingerprint density at radius 3 is 2.56 bits per heavy atom. The van der Waals surface area contributed by atoms with Crippen molar-refractivity contribution in [2.75, 3.05) is 29.5 Å². The summed E-state index contributed by atoms with van der Waals surface area (Å²) in [6, 6.07) is 0. The van der Waals surface area contributed by atoms with Gasteiger partial charge in [-0.25, -0.2) is 18.4 Å². The molecule has 1 aliphatic rings. The number of halogens is 2. The summed E-state index contributed by atoms with van der Waals surface area (Å²) >= 11 is 9.14. The third kappa shape index (κ3) is 2.46. The van der Waals surface area contributed by atoms with Gasteiger partial charge in [0, 0.05) is 13.1 Å². The van der Waals surface area contributed by atoms with Crippen molar-refractivity contribution in [1.29, 1.82) is 0 Å². The molecule has 0 spiro atoms. The van der Waals surface area contributed by atoms with Crippen LogP contribution in [0.25, 0.3) is 0 Å². The summed E-state index contributed by atoms with van der Waals surface area (Å²) in [7, 11) is -2.88. The first kappa shape index (κ1) is 12.1. The highest BCUT2D eigenvalue weighted by Crippen LogP contribution is 2.29. The van der Waals surface area contributed by atoms with Crippen LogP contribution in [-0.2, 0) is 9.84 Å². The molecule has 88 valence electrons. The Balaban J connectivity index is 2.24. The summed E-state index contributed by atoms with van der Waals surface area (Å²) < 4.78 is 23.2. The van der Waals surface area contributed by atoms with E-state index in [4.69, 9.17) is 11.6 Å². The first-order valence-corrected chi connectivity index (χ1v) is 7.60. The van der Waals surface area contributed by atoms with Crippen LogP contribution in [-0.4, -0.2) is 43.0 Å². The minimum atomic E-state index is -2.88. The third-order valence-corrected chi connectivity index (χ3v) is 5.23. The van der Waals surface area contributed by atoms with E-state index in [0.29, 0.717) is 28.5 Å². The van der Waals surface area contributed by atoms with Crippen molar-refractivity contribution < 1.29 is 8.42 Å². The standard InChI is InChI=1S/C8H9BrClN3O2S/c9-6-7(10)11-5-12-8(6)13-1-3-16(14,15)4-2-13/h5H,1-4H2. The molecule has 2 heterocycles. The number of hydrogen-bond acceptors (Lipinski definition) is 5. The molecule has 1 aromatic heterocycles. The summed E-state index contributed by atoms with van der Waals surface area (Å²) in [6.45, 7) is 0.878. The van der Waals surface area contributed by atoms with Crippen LogP contribution in [0.1, 0.15) is 0 Å². The van der Waals surface area contributed by atoms with Crippen LogP contribution in [0.4, 0.5) is 5.82 Å². The van der Waals surface area contributed by atoms with Crippen molar-refractivity contribution >= 4 is 43.2 Å². The van der Waals surface area contributed by atoms with Gasteiger partial charge in [-0.1, -0.05) is 11.6 Å². The SMILES string of the molecule is O=S1(=O)CCN(c2ncnc(Cl)c2Br)CC1. The van der Waals surface area contributed by atoms with Gasteiger partial charge in [0.2, 0.25) is 0 Å². The summed E-state index contributed by atoms with van der Waals surface area (Å²) in [5, 5.41) is 0.332. The predicted molar refractivity (Wildman–Crippen MR) is 65.6 cm³/mol. The van der Waals surface area contributed by atoms with E-state index in [2.05, 4.69) is 25.9 Å². The zero-order valence-corrected chi connectivity index (χ0v) is 11.4. The summed E-state index contributed by atoms with van der Waals surface area (Å²) in [5.41, 5.74) is 0. The van der Waals surface area contributed by atoms with Crippen molar-refractivity contribution in [1.82, 2.24) is 9.97 Å². The topological polar surface area (TPSA) is 63.2 Å². The van der Waals surface area contributed by atoms with E-state index in [0.717, 1.165) is 0 Å². The molecule has 1 fully saturated rings. The first-order chi connectivity index (χ1) is 7.49. The smallest absolute Gasteiger partial charge is 0.153 e. The van der Waals surface area contributed by atoms with Crippen LogP contribution in [0, 0.1) is 0 Å². The molecule has 5 nitrogen and oxygen atoms in total. The number of rotatable bonds is 1. The summed E-state index contributed by atoms with van der Waals surface area (Å²) in [4.78, 5) is 9.81. The lowest BCUT2D eigenvalue weighted by Crippen LogP contribution is -2.40. The average molecular weight is 327 g/mol. The van der Waals surface area contributed by atoms with Crippen LogP contribution in [0.15, 0.2) is 10.8 Å². The van der Waals surface area contributed by atoms with Crippen LogP contribution in [0.3, 0.4) is 0 Å². The van der Waals surface area contributed by atoms with E-state index >= 15 is 0 Å². The first-order valence-electron chi connectivity index (χ1n) is 4.61. The molecule has 0 aliphatic carbocycles. The minimum absolute atomic E-state index is 0.154. The van der Waals surface area contributed by atoms with Gasteiger partial charge in [0.1, 0.15) is 17.3 Å². The molecule has 1 saturated heterocycles. The van der Waals surface area contributed by atoms with Crippen LogP contribution < -0.4 is 4.90 Å². The number of hydrogen-bond donors (Lipinski definition) is 0. The molecular formula is C8H9BrClN3O2S. The van der Waals surface area contributed by atoms with Gasteiger partial charge in [0.15, 0.2) is 9.84 Å². The molecule has 0 unspecified atom stereocenters. The molecule has 0 amide bonds. The monoisotopic (exact) mass is 325 g/mol. The third-order valence-electron chi connectivity index (χ3n) is 2.37. The fourth-order valence-corrected chi connectivity index (χ4v) is 3.27. The Bertz CT molecular complexity index is 494. The molecule has 1 aliphatic heterocycles. The lowest BCUT2D eigenvalue weighted by molar-refractivity contribution is 0.586. The lowest BCUT2D eigenvalue weighted by Gasteiger charge is -2.28. The Hall–Kier alpha value is -0.400. The second kappa shape index (κ2) is 4.46.